The van der Waals surface area contributed by atoms with Gasteiger partial charge in [-0.05, 0) is 69.0 Å². The number of nitrogens with one attached hydrogen (secondary N) is 1. The van der Waals surface area contributed by atoms with E-state index in [9.17, 15) is 9.18 Å². The van der Waals surface area contributed by atoms with Crippen LogP contribution in [-0.4, -0.2) is 97.9 Å². The smallest absolute Gasteiger partial charge is 0.319 e. The molecule has 6 bridgehead atoms. The van der Waals surface area contributed by atoms with Crippen LogP contribution in [0.25, 0.3) is 33.1 Å². The average Bonchev–Trinajstić information content (AvgIpc) is 3.85. The van der Waals surface area contributed by atoms with Gasteiger partial charge in [0.2, 0.25) is 5.91 Å². The Morgan fingerprint density at radius 1 is 1.06 bits per heavy atom. The van der Waals surface area contributed by atoms with Crippen LogP contribution in [0, 0.1) is 11.7 Å². The molecule has 47 heavy (non-hydrogen) atoms. The zero-order valence-corrected chi connectivity index (χ0v) is 26.9. The zero-order chi connectivity index (χ0) is 31.9. The summed E-state index contributed by atoms with van der Waals surface area (Å²) in [5, 5.41) is 8.87. The molecule has 4 atom stereocenters. The highest BCUT2D eigenvalue weighted by Gasteiger charge is 2.49. The summed E-state index contributed by atoms with van der Waals surface area (Å²) >= 11 is 6.85. The highest BCUT2D eigenvalue weighted by molar-refractivity contribution is 6.33. The highest BCUT2D eigenvalue weighted by atomic mass is 35.5. The molecule has 6 aliphatic heterocycles. The zero-order valence-electron chi connectivity index (χ0n) is 26.2. The van der Waals surface area contributed by atoms with Crippen LogP contribution in [0.5, 0.6) is 6.01 Å². The van der Waals surface area contributed by atoms with E-state index >= 15 is 4.39 Å². The van der Waals surface area contributed by atoms with Crippen LogP contribution >= 0.6 is 11.6 Å². The van der Waals surface area contributed by atoms with E-state index in [0.29, 0.717) is 90.3 Å². The first-order valence-electron chi connectivity index (χ1n) is 17.0. The first-order valence-corrected chi connectivity index (χ1v) is 17.3. The van der Waals surface area contributed by atoms with Gasteiger partial charge >= 0.3 is 6.01 Å². The summed E-state index contributed by atoms with van der Waals surface area (Å²) in [6, 6.07) is 1.94. The number of carbonyl (C=O) groups excluding carboxylic acids is 1. The number of nitrogens with zero attached hydrogens (tertiary/aromatic N) is 7. The van der Waals surface area contributed by atoms with E-state index in [1.54, 1.807) is 12.4 Å². The number of alkyl halides is 1. The Bertz CT molecular complexity index is 1910. The van der Waals surface area contributed by atoms with Crippen molar-refractivity contribution in [1.82, 2.24) is 34.9 Å². The third-order valence-corrected chi connectivity index (χ3v) is 11.8. The van der Waals surface area contributed by atoms with Crippen molar-refractivity contribution in [2.24, 2.45) is 5.92 Å². The molecule has 4 aromatic rings. The largest absolute Gasteiger partial charge is 0.461 e. The fourth-order valence-electron chi connectivity index (χ4n) is 9.13. The molecule has 4 fully saturated rings. The standard InChI is InChI=1S/C34H37ClF2N8O2/c35-24-12-25-22(15-39-42-25)28-21(24)4-1-2-5-27(46)45-11-7-19-6-10-43(17-26(19)45)32-23-14-38-31(28)29(37)30(23)40-33(41-32)47-18-34-8-3-9-44(34)16-20(36)13-34/h12,14-15,19-20,26H,1-11,13,16-18H2,(H,39,42)/t19?,20-,26?,34+/m1/s1. The summed E-state index contributed by atoms with van der Waals surface area (Å²) in [6.07, 6.45) is 8.99. The number of piperidine rings is 1. The van der Waals surface area contributed by atoms with Crippen LogP contribution in [-0.2, 0) is 11.2 Å². The Hall–Kier alpha value is -3.64. The van der Waals surface area contributed by atoms with Gasteiger partial charge in [0.25, 0.3) is 0 Å². The van der Waals surface area contributed by atoms with Crippen molar-refractivity contribution in [2.45, 2.75) is 75.5 Å². The number of hydrogen-bond acceptors (Lipinski definition) is 8. The SMILES string of the molecule is O=C1CCCCc2c(Cl)cc3[nH]ncc3c2-c2ncc3c(nc(OC[C@@]45CCCN4C[C@H](F)C5)nc3c2F)N2CCC3CCN1C3C2. The molecule has 1 N–H and O–H groups in total. The Morgan fingerprint density at radius 2 is 1.94 bits per heavy atom. The Labute approximate surface area is 275 Å². The average molecular weight is 663 g/mol. The maximum Gasteiger partial charge on any atom is 0.319 e. The number of pyridine rings is 1. The summed E-state index contributed by atoms with van der Waals surface area (Å²) in [5.74, 6) is 0.570. The van der Waals surface area contributed by atoms with Crippen LogP contribution in [0.1, 0.15) is 56.9 Å². The van der Waals surface area contributed by atoms with Crippen molar-refractivity contribution < 1.29 is 18.3 Å². The molecule has 0 saturated carbocycles. The lowest BCUT2D eigenvalue weighted by Gasteiger charge is -2.39. The second-order valence-electron chi connectivity index (χ2n) is 14.1. The van der Waals surface area contributed by atoms with E-state index in [-0.39, 0.29) is 35.8 Å². The van der Waals surface area contributed by atoms with Crippen molar-refractivity contribution in [3.05, 3.63) is 34.9 Å². The Kier molecular flexibility index (Phi) is 7.04. The quantitative estimate of drug-likeness (QED) is 0.308. The van der Waals surface area contributed by atoms with Gasteiger partial charge in [-0.25, -0.2) is 8.78 Å². The van der Waals surface area contributed by atoms with E-state index in [4.69, 9.17) is 26.3 Å². The molecule has 6 aliphatic rings. The van der Waals surface area contributed by atoms with Gasteiger partial charge in [-0.3, -0.25) is 19.8 Å². The van der Waals surface area contributed by atoms with Crippen molar-refractivity contribution in [2.75, 3.05) is 44.2 Å². The minimum Gasteiger partial charge on any atom is -0.461 e. The van der Waals surface area contributed by atoms with Crippen LogP contribution in [0.15, 0.2) is 18.5 Å². The molecule has 9 heterocycles. The summed E-state index contributed by atoms with van der Waals surface area (Å²) in [7, 11) is 0. The predicted octanol–water partition coefficient (Wildman–Crippen LogP) is 5.47. The number of aromatic amines is 1. The number of aromatic nitrogens is 5. The number of H-pyrrole nitrogens is 1. The number of fused-ring (bicyclic) bond motifs is 7. The number of halogens is 3. The van der Waals surface area contributed by atoms with Gasteiger partial charge in [-0.15, -0.1) is 0 Å². The normalized spacial score (nSPS) is 27.8. The Morgan fingerprint density at radius 3 is 2.85 bits per heavy atom. The number of anilines is 1. The third-order valence-electron chi connectivity index (χ3n) is 11.5. The minimum atomic E-state index is -0.894. The second-order valence-corrected chi connectivity index (χ2v) is 14.5. The van der Waals surface area contributed by atoms with Gasteiger partial charge in [-0.1, -0.05) is 11.6 Å². The monoisotopic (exact) mass is 662 g/mol. The van der Waals surface area contributed by atoms with Gasteiger partial charge in [0.15, 0.2) is 5.82 Å². The summed E-state index contributed by atoms with van der Waals surface area (Å²) in [4.78, 5) is 34.3. The maximum atomic E-state index is 17.1. The van der Waals surface area contributed by atoms with E-state index in [0.717, 1.165) is 44.3 Å². The highest BCUT2D eigenvalue weighted by Crippen LogP contribution is 2.43. The molecule has 1 aromatic carbocycles. The van der Waals surface area contributed by atoms with Gasteiger partial charge in [-0.2, -0.15) is 15.1 Å². The lowest BCUT2D eigenvalue weighted by atomic mass is 9.91. The number of benzene rings is 1. The topological polar surface area (TPSA) is 103 Å². The van der Waals surface area contributed by atoms with Gasteiger partial charge in [0.1, 0.15) is 29.8 Å². The van der Waals surface area contributed by atoms with E-state index in [1.165, 1.54) is 0 Å². The molecular weight excluding hydrogens is 626 g/mol. The molecule has 2 unspecified atom stereocenters. The van der Waals surface area contributed by atoms with E-state index < -0.39 is 17.5 Å². The fraction of sp³-hybridized carbons (Fsp3) is 0.559. The fourth-order valence-corrected chi connectivity index (χ4v) is 9.43. The molecule has 13 heteroatoms. The van der Waals surface area contributed by atoms with E-state index in [1.807, 2.05) is 6.07 Å². The van der Waals surface area contributed by atoms with Crippen molar-refractivity contribution in [3.63, 3.8) is 0 Å². The second kappa shape index (κ2) is 11.2. The van der Waals surface area contributed by atoms with Crippen molar-refractivity contribution >= 4 is 45.1 Å². The van der Waals surface area contributed by atoms with Crippen LogP contribution in [0.2, 0.25) is 5.02 Å². The minimum absolute atomic E-state index is 0.0612. The summed E-state index contributed by atoms with van der Waals surface area (Å²) in [6.45, 7) is 3.55. The molecule has 0 spiro atoms. The lowest BCUT2D eigenvalue weighted by molar-refractivity contribution is -0.132. The van der Waals surface area contributed by atoms with Crippen LogP contribution < -0.4 is 9.64 Å². The molecule has 4 saturated heterocycles. The first-order chi connectivity index (χ1) is 22.9. The third kappa shape index (κ3) is 4.76. The molecule has 3 aromatic heterocycles. The number of rotatable bonds is 3. The van der Waals surface area contributed by atoms with Gasteiger partial charge < -0.3 is 14.5 Å². The van der Waals surface area contributed by atoms with Gasteiger partial charge in [0, 0.05) is 61.2 Å². The molecule has 10 nitrogen and oxygen atoms in total. The van der Waals surface area contributed by atoms with Crippen LogP contribution in [0.3, 0.4) is 0 Å². The van der Waals surface area contributed by atoms with E-state index in [2.05, 4.69) is 29.9 Å². The van der Waals surface area contributed by atoms with Crippen molar-refractivity contribution in [3.8, 4) is 17.3 Å². The van der Waals surface area contributed by atoms with Crippen molar-refractivity contribution in [1.29, 1.82) is 0 Å². The summed E-state index contributed by atoms with van der Waals surface area (Å²) < 4.78 is 38.0. The Balaban J connectivity index is 1.21. The molecule has 246 valence electrons. The number of ether oxygens (including phenoxy) is 1. The lowest BCUT2D eigenvalue weighted by Crippen LogP contribution is -2.50. The van der Waals surface area contributed by atoms with Gasteiger partial charge in [0.05, 0.1) is 28.7 Å². The number of amides is 1. The molecule has 0 aliphatic carbocycles. The molecular formula is C34H37ClF2N8O2. The van der Waals surface area contributed by atoms with Crippen LogP contribution in [0.4, 0.5) is 14.6 Å². The molecule has 10 rings (SSSR count). The summed E-state index contributed by atoms with van der Waals surface area (Å²) in [5.41, 5.74) is 1.86. The molecule has 0 radical (unpaired) electrons. The maximum absolute atomic E-state index is 17.1. The molecule has 1 amide bonds. The number of carbonyl (C=O) groups is 1. The first kappa shape index (κ1) is 29.5. The predicted molar refractivity (Wildman–Crippen MR) is 174 cm³/mol. The number of hydrogen-bond donors (Lipinski definition) is 1.